The topological polar surface area (TPSA) is 49.4 Å². The average molecular weight is 389 g/mol. The normalized spacial score (nSPS) is 16.8. The molecule has 1 unspecified atom stereocenters. The van der Waals surface area contributed by atoms with Gasteiger partial charge in [0.25, 0.3) is 5.91 Å². The van der Waals surface area contributed by atoms with Crippen molar-refractivity contribution in [2.24, 2.45) is 0 Å². The molecule has 6 heteroatoms. The summed E-state index contributed by atoms with van der Waals surface area (Å²) in [7, 11) is 0. The molecular weight excluding hydrogens is 364 g/mol. The molecule has 4 nitrogen and oxygen atoms in total. The molecule has 0 radical (unpaired) electrons. The van der Waals surface area contributed by atoms with Crippen molar-refractivity contribution in [3.05, 3.63) is 50.7 Å². The quantitative estimate of drug-likeness (QED) is 0.845. The molecule has 1 aliphatic rings. The third kappa shape index (κ3) is 3.81. The molecule has 1 saturated heterocycles. The molecule has 1 aromatic heterocycles. The van der Waals surface area contributed by atoms with Crippen LogP contribution in [0.3, 0.4) is 0 Å². The minimum atomic E-state index is -0.429. The lowest BCUT2D eigenvalue weighted by molar-refractivity contribution is -0.119. The lowest BCUT2D eigenvalue weighted by Crippen LogP contribution is -2.44. The Morgan fingerprint density at radius 1 is 1.15 bits per heavy atom. The fourth-order valence-corrected chi connectivity index (χ4v) is 5.25. The molecule has 2 amide bonds. The SMILES string of the molecule is CCc1sc(C(=O)N2CSCC2C(=O)Nc2ccc(C)c(C)c2)cc1C. The van der Waals surface area contributed by atoms with Crippen LogP contribution in [0.15, 0.2) is 24.3 Å². The van der Waals surface area contributed by atoms with Crippen LogP contribution in [-0.4, -0.2) is 34.4 Å². The third-order valence-electron chi connectivity index (χ3n) is 4.77. The molecule has 0 bridgehead atoms. The number of aryl methyl sites for hydroxylation is 4. The number of amides is 2. The largest absolute Gasteiger partial charge is 0.324 e. The molecule has 0 saturated carbocycles. The van der Waals surface area contributed by atoms with E-state index in [-0.39, 0.29) is 11.8 Å². The van der Waals surface area contributed by atoms with Gasteiger partial charge in [-0.3, -0.25) is 9.59 Å². The van der Waals surface area contributed by atoms with E-state index in [2.05, 4.69) is 12.2 Å². The number of thioether (sulfide) groups is 1. The van der Waals surface area contributed by atoms with E-state index >= 15 is 0 Å². The summed E-state index contributed by atoms with van der Waals surface area (Å²) in [6.45, 7) is 8.20. The van der Waals surface area contributed by atoms with Crippen LogP contribution in [0.2, 0.25) is 0 Å². The van der Waals surface area contributed by atoms with E-state index in [4.69, 9.17) is 0 Å². The summed E-state index contributed by atoms with van der Waals surface area (Å²) < 4.78 is 0. The Hall–Kier alpha value is -1.79. The highest BCUT2D eigenvalue weighted by atomic mass is 32.2. The summed E-state index contributed by atoms with van der Waals surface area (Å²) in [5, 5.41) is 2.97. The predicted molar refractivity (Wildman–Crippen MR) is 110 cm³/mol. The highest BCUT2D eigenvalue weighted by Crippen LogP contribution is 2.29. The van der Waals surface area contributed by atoms with Gasteiger partial charge in [-0.1, -0.05) is 13.0 Å². The molecule has 1 atom stereocenters. The van der Waals surface area contributed by atoms with Gasteiger partial charge in [-0.15, -0.1) is 23.1 Å². The summed E-state index contributed by atoms with van der Waals surface area (Å²) >= 11 is 3.17. The van der Waals surface area contributed by atoms with Crippen molar-refractivity contribution < 1.29 is 9.59 Å². The molecule has 1 aromatic carbocycles. The Morgan fingerprint density at radius 2 is 1.92 bits per heavy atom. The monoisotopic (exact) mass is 388 g/mol. The fourth-order valence-electron chi connectivity index (χ4n) is 3.02. The summed E-state index contributed by atoms with van der Waals surface area (Å²) in [6, 6.07) is 7.40. The summed E-state index contributed by atoms with van der Waals surface area (Å²) in [6.07, 6.45) is 0.926. The van der Waals surface area contributed by atoms with E-state index in [0.717, 1.165) is 28.1 Å². The second-order valence-corrected chi connectivity index (χ2v) is 8.79. The predicted octanol–water partition coefficient (Wildman–Crippen LogP) is 4.39. The molecule has 3 rings (SSSR count). The Morgan fingerprint density at radius 3 is 2.58 bits per heavy atom. The van der Waals surface area contributed by atoms with E-state index < -0.39 is 6.04 Å². The maximum atomic E-state index is 12.9. The van der Waals surface area contributed by atoms with Crippen molar-refractivity contribution in [2.75, 3.05) is 16.9 Å². The van der Waals surface area contributed by atoms with E-state index in [1.165, 1.54) is 10.4 Å². The molecule has 0 spiro atoms. The van der Waals surface area contributed by atoms with E-state index in [0.29, 0.717) is 11.6 Å². The minimum absolute atomic E-state index is 0.0389. The van der Waals surface area contributed by atoms with Crippen LogP contribution in [0.25, 0.3) is 0 Å². The molecule has 2 aromatic rings. The number of carbonyl (C=O) groups excluding carboxylic acids is 2. The van der Waals surface area contributed by atoms with Crippen molar-refractivity contribution in [1.82, 2.24) is 4.90 Å². The molecule has 1 aliphatic heterocycles. The molecule has 26 heavy (non-hydrogen) atoms. The Bertz CT molecular complexity index is 844. The van der Waals surface area contributed by atoms with Crippen molar-refractivity contribution in [1.29, 1.82) is 0 Å². The highest BCUT2D eigenvalue weighted by molar-refractivity contribution is 7.99. The van der Waals surface area contributed by atoms with Crippen molar-refractivity contribution >= 4 is 40.6 Å². The van der Waals surface area contributed by atoms with Gasteiger partial charge in [-0.05, 0) is 62.1 Å². The summed E-state index contributed by atoms with van der Waals surface area (Å²) in [4.78, 5) is 29.4. The average Bonchev–Trinajstić information content (AvgIpc) is 3.24. The van der Waals surface area contributed by atoms with Gasteiger partial charge in [-0.2, -0.15) is 0 Å². The van der Waals surface area contributed by atoms with E-state index in [1.807, 2.05) is 45.0 Å². The van der Waals surface area contributed by atoms with Crippen LogP contribution in [0.1, 0.15) is 38.2 Å². The van der Waals surface area contributed by atoms with E-state index in [9.17, 15) is 9.59 Å². The first-order valence-electron chi connectivity index (χ1n) is 8.76. The van der Waals surface area contributed by atoms with Crippen LogP contribution in [0, 0.1) is 20.8 Å². The standard InChI is InChI=1S/C20H24N2O2S2/c1-5-17-14(4)9-18(26-17)20(24)22-11-25-10-16(22)19(23)21-15-7-6-12(2)13(3)8-15/h6-9,16H,5,10-11H2,1-4H3,(H,21,23). The van der Waals surface area contributed by atoms with Gasteiger partial charge >= 0.3 is 0 Å². The first kappa shape index (κ1) is 19.0. The number of anilines is 1. The summed E-state index contributed by atoms with van der Waals surface area (Å²) in [5.41, 5.74) is 4.26. The zero-order valence-corrected chi connectivity index (χ0v) is 17.2. The van der Waals surface area contributed by atoms with Gasteiger partial charge in [0, 0.05) is 16.3 Å². The molecule has 0 aliphatic carbocycles. The zero-order chi connectivity index (χ0) is 18.8. The molecule has 1 fully saturated rings. The smallest absolute Gasteiger partial charge is 0.265 e. The van der Waals surface area contributed by atoms with Crippen LogP contribution < -0.4 is 5.32 Å². The maximum Gasteiger partial charge on any atom is 0.265 e. The Kier molecular flexibility index (Phi) is 5.73. The molecule has 138 valence electrons. The second-order valence-electron chi connectivity index (χ2n) is 6.65. The maximum absolute atomic E-state index is 12.9. The van der Waals surface area contributed by atoms with Gasteiger partial charge < -0.3 is 10.2 Å². The number of nitrogens with one attached hydrogen (secondary N) is 1. The Labute approximate surface area is 163 Å². The van der Waals surface area contributed by atoms with Crippen molar-refractivity contribution in [2.45, 2.75) is 40.2 Å². The van der Waals surface area contributed by atoms with Gasteiger partial charge in [0.1, 0.15) is 6.04 Å². The first-order chi connectivity index (χ1) is 12.4. The first-order valence-corrected chi connectivity index (χ1v) is 10.7. The zero-order valence-electron chi connectivity index (χ0n) is 15.6. The van der Waals surface area contributed by atoms with E-state index in [1.54, 1.807) is 28.0 Å². The molecule has 2 heterocycles. The number of hydrogen-bond donors (Lipinski definition) is 1. The number of carbonyl (C=O) groups is 2. The Balaban J connectivity index is 1.75. The number of hydrogen-bond acceptors (Lipinski definition) is 4. The number of nitrogens with zero attached hydrogens (tertiary/aromatic N) is 1. The number of benzene rings is 1. The van der Waals surface area contributed by atoms with Crippen LogP contribution in [-0.2, 0) is 11.2 Å². The molecule has 1 N–H and O–H groups in total. The summed E-state index contributed by atoms with van der Waals surface area (Å²) in [5.74, 6) is 1.04. The van der Waals surface area contributed by atoms with Crippen LogP contribution >= 0.6 is 23.1 Å². The van der Waals surface area contributed by atoms with Gasteiger partial charge in [-0.25, -0.2) is 0 Å². The molecular formula is C20H24N2O2S2. The van der Waals surface area contributed by atoms with Crippen LogP contribution in [0.4, 0.5) is 5.69 Å². The van der Waals surface area contributed by atoms with Crippen molar-refractivity contribution in [3.63, 3.8) is 0 Å². The van der Waals surface area contributed by atoms with Gasteiger partial charge in [0.05, 0.1) is 10.8 Å². The number of rotatable bonds is 4. The lowest BCUT2D eigenvalue weighted by atomic mass is 10.1. The van der Waals surface area contributed by atoms with Gasteiger partial charge in [0.15, 0.2) is 0 Å². The fraction of sp³-hybridized carbons (Fsp3) is 0.400. The second kappa shape index (κ2) is 7.84. The van der Waals surface area contributed by atoms with Crippen LogP contribution in [0.5, 0.6) is 0 Å². The number of thiophene rings is 1. The minimum Gasteiger partial charge on any atom is -0.324 e. The third-order valence-corrected chi connectivity index (χ3v) is 7.15. The van der Waals surface area contributed by atoms with Gasteiger partial charge in [0.2, 0.25) is 5.91 Å². The highest BCUT2D eigenvalue weighted by Gasteiger charge is 2.35. The lowest BCUT2D eigenvalue weighted by Gasteiger charge is -2.22. The van der Waals surface area contributed by atoms with Crippen molar-refractivity contribution in [3.8, 4) is 0 Å².